The van der Waals surface area contributed by atoms with Crippen molar-refractivity contribution in [3.63, 3.8) is 0 Å². The number of hydrogen-bond acceptors (Lipinski definition) is 8. The second-order valence-electron chi connectivity index (χ2n) is 7.46. The van der Waals surface area contributed by atoms with E-state index in [2.05, 4.69) is 20.2 Å². The number of amides is 1. The number of piperidine rings is 2. The summed E-state index contributed by atoms with van der Waals surface area (Å²) in [6.45, 7) is 1.36. The Hall–Kier alpha value is -2.84. The first-order valence-corrected chi connectivity index (χ1v) is 11.5. The molecule has 2 fully saturated rings. The number of rotatable bonds is 4. The molecule has 2 saturated heterocycles. The Morgan fingerprint density at radius 3 is 2.50 bits per heavy atom. The van der Waals surface area contributed by atoms with E-state index in [0.29, 0.717) is 38.0 Å². The molecule has 1 amide bonds. The minimum absolute atomic E-state index is 0.145. The van der Waals surface area contributed by atoms with Gasteiger partial charge in [-0.2, -0.15) is 4.31 Å². The maximum atomic E-state index is 13.1. The molecule has 2 aliphatic rings. The molecule has 0 aromatic carbocycles. The largest absolute Gasteiger partial charge is 0.483 e. The van der Waals surface area contributed by atoms with Crippen LogP contribution in [0.2, 0.25) is 0 Å². The van der Waals surface area contributed by atoms with Crippen molar-refractivity contribution >= 4 is 28.9 Å². The first-order chi connectivity index (χ1) is 15.0. The summed E-state index contributed by atoms with van der Waals surface area (Å²) in [5.41, 5.74) is -0.547. The average Bonchev–Trinajstić information content (AvgIpc) is 2.72. The quantitative estimate of drug-likeness (QED) is 0.374. The third-order valence-electron chi connectivity index (χ3n) is 5.45. The molecule has 3 heterocycles. The second kappa shape index (κ2) is 12.3. The molecule has 0 aliphatic carbocycles. The fourth-order valence-electron chi connectivity index (χ4n) is 4.11. The molecule has 1 aromatic rings. The number of aromatic nitrogens is 2. The number of carbonyl (C=O) groups excluding carboxylic acids is 1. The zero-order valence-corrected chi connectivity index (χ0v) is 18.7. The molecule has 1 aromatic heterocycles. The van der Waals surface area contributed by atoms with Crippen molar-refractivity contribution in [2.45, 2.75) is 31.8 Å². The minimum atomic E-state index is -3.40. The molecule has 0 unspecified atom stereocenters. The Balaban J connectivity index is 0.000000769. The number of hydrogen-bond donors (Lipinski definition) is 4. The molecular weight excluding hydrogens is 446 g/mol. The Morgan fingerprint density at radius 1 is 1.31 bits per heavy atom. The number of likely N-dealkylation sites (N-methyl/N-ethyl adjacent to an activating group) is 1. The van der Waals surface area contributed by atoms with Gasteiger partial charge in [-0.25, -0.2) is 13.4 Å². The van der Waals surface area contributed by atoms with E-state index >= 15 is 0 Å². The average molecular weight is 476 g/mol. The molecule has 3 rings (SSSR count). The highest BCUT2D eigenvalue weighted by Gasteiger charge is 2.54. The van der Waals surface area contributed by atoms with E-state index in [4.69, 9.17) is 19.8 Å². The summed E-state index contributed by atoms with van der Waals surface area (Å²) < 4.78 is 26.0. The number of likely N-dealkylation sites (tertiary alicyclic amines) is 1. The number of nitrogens with one attached hydrogen (secondary N) is 2. The Labute approximate surface area is 185 Å². The molecule has 2 aliphatic heterocycles. The van der Waals surface area contributed by atoms with Crippen LogP contribution in [-0.4, -0.2) is 95.6 Å². The highest BCUT2D eigenvalue weighted by Crippen LogP contribution is 2.43. The van der Waals surface area contributed by atoms with Crippen molar-refractivity contribution in [1.82, 2.24) is 24.5 Å². The van der Waals surface area contributed by atoms with Crippen molar-refractivity contribution in [1.29, 1.82) is 0 Å². The molecule has 180 valence electrons. The fraction of sp³-hybridized carbons (Fsp3) is 0.611. The summed E-state index contributed by atoms with van der Waals surface area (Å²) in [4.78, 5) is 49.8. The number of nitrogens with zero attached hydrogens (tertiary/aromatic N) is 3. The van der Waals surface area contributed by atoms with Gasteiger partial charge in [0.1, 0.15) is 0 Å². The van der Waals surface area contributed by atoms with E-state index in [0.717, 1.165) is 6.54 Å². The van der Waals surface area contributed by atoms with Crippen LogP contribution < -0.4 is 10.9 Å². The van der Waals surface area contributed by atoms with Crippen molar-refractivity contribution in [3.05, 3.63) is 28.4 Å². The number of H-pyrrole nitrogens is 1. The summed E-state index contributed by atoms with van der Waals surface area (Å²) in [6.07, 6.45) is 4.42. The molecule has 13 nitrogen and oxygen atoms in total. The monoisotopic (exact) mass is 475 g/mol. The zero-order chi connectivity index (χ0) is 24.4. The second-order valence-corrected chi connectivity index (χ2v) is 9.39. The minimum Gasteiger partial charge on any atom is -0.483 e. The maximum absolute atomic E-state index is 13.1. The van der Waals surface area contributed by atoms with Crippen LogP contribution in [0.3, 0.4) is 0 Å². The van der Waals surface area contributed by atoms with E-state index < -0.39 is 15.4 Å². The van der Waals surface area contributed by atoms with Gasteiger partial charge < -0.3 is 25.4 Å². The third-order valence-corrected chi connectivity index (χ3v) is 6.74. The van der Waals surface area contributed by atoms with Crippen molar-refractivity contribution in [2.24, 2.45) is 5.41 Å². The van der Waals surface area contributed by atoms with Crippen LogP contribution in [0, 0.1) is 5.41 Å². The lowest BCUT2D eigenvalue weighted by atomic mass is 9.68. The molecule has 32 heavy (non-hydrogen) atoms. The Bertz CT molecular complexity index is 931. The topological polar surface area (TPSA) is 190 Å². The van der Waals surface area contributed by atoms with Gasteiger partial charge in [-0.15, -0.1) is 0 Å². The zero-order valence-electron chi connectivity index (χ0n) is 17.9. The number of aromatic amines is 1. The Morgan fingerprint density at radius 2 is 1.94 bits per heavy atom. The molecule has 4 N–H and O–H groups in total. The van der Waals surface area contributed by atoms with Gasteiger partial charge in [-0.1, -0.05) is 0 Å². The first-order valence-electron chi connectivity index (χ1n) is 9.68. The lowest BCUT2D eigenvalue weighted by Crippen LogP contribution is -2.66. The van der Waals surface area contributed by atoms with Crippen LogP contribution in [0.5, 0.6) is 0 Å². The third kappa shape index (κ3) is 7.10. The van der Waals surface area contributed by atoms with E-state index in [1.165, 1.54) is 23.0 Å². The van der Waals surface area contributed by atoms with Crippen LogP contribution in [-0.2, 0) is 31.0 Å². The number of fused-ring (bicyclic) bond motifs is 1. The summed E-state index contributed by atoms with van der Waals surface area (Å²) >= 11 is 0. The molecule has 0 bridgehead atoms. The van der Waals surface area contributed by atoms with Gasteiger partial charge in [0.05, 0.1) is 36.3 Å². The summed E-state index contributed by atoms with van der Waals surface area (Å²) in [5.74, 6) is -0.161. The van der Waals surface area contributed by atoms with Crippen LogP contribution in [0.15, 0.2) is 17.2 Å². The van der Waals surface area contributed by atoms with E-state index in [9.17, 15) is 18.0 Å². The van der Waals surface area contributed by atoms with Crippen molar-refractivity contribution in [2.75, 3.05) is 32.9 Å². The SMILES string of the molecule is CN1CC[C@]2(C(=O)NCc3cc(=O)[nH]cn3)CCCN(S(C)(=O)=O)[C@H]2C1.O=CO.O=CO. The summed E-state index contributed by atoms with van der Waals surface area (Å²) in [7, 11) is -1.45. The van der Waals surface area contributed by atoms with Crippen LogP contribution in [0.25, 0.3) is 0 Å². The smallest absolute Gasteiger partial charge is 0.290 e. The highest BCUT2D eigenvalue weighted by molar-refractivity contribution is 7.88. The van der Waals surface area contributed by atoms with E-state index in [-0.39, 0.29) is 37.0 Å². The lowest BCUT2D eigenvalue weighted by molar-refractivity contribution is -0.141. The van der Waals surface area contributed by atoms with Crippen LogP contribution in [0.1, 0.15) is 25.0 Å². The van der Waals surface area contributed by atoms with Crippen molar-refractivity contribution < 1.29 is 33.0 Å². The van der Waals surface area contributed by atoms with E-state index in [1.807, 2.05) is 7.05 Å². The fourth-order valence-corrected chi connectivity index (χ4v) is 5.30. The molecule has 2 atom stereocenters. The first kappa shape index (κ1) is 27.2. The standard InChI is InChI=1S/C16H25N5O4S.2CH2O2/c1-20-7-5-16(4-3-6-21(13(16)10-20)26(2,24)25)15(23)17-9-12-8-14(22)19-11-18-12;2*2-1-3/h8,11,13H,3-7,9-10H2,1-2H3,(H,17,23)(H,18,19,22);2*1H,(H,2,3)/t13-,16+;;/m0../s1. The number of sulfonamides is 1. The molecule has 0 radical (unpaired) electrons. The maximum Gasteiger partial charge on any atom is 0.290 e. The normalized spacial score (nSPS) is 23.2. The predicted molar refractivity (Wildman–Crippen MR) is 113 cm³/mol. The highest BCUT2D eigenvalue weighted by atomic mass is 32.2. The molecule has 14 heteroatoms. The summed E-state index contributed by atoms with van der Waals surface area (Å²) in [5, 5.41) is 16.7. The molecular formula is C18H29N5O8S. The van der Waals surface area contributed by atoms with Gasteiger partial charge in [0.25, 0.3) is 18.5 Å². The van der Waals surface area contributed by atoms with Crippen LogP contribution in [0.4, 0.5) is 0 Å². The number of carboxylic acid groups (broad SMARTS) is 2. The van der Waals surface area contributed by atoms with Crippen LogP contribution >= 0.6 is 0 Å². The Kier molecular flexibility index (Phi) is 10.4. The van der Waals surface area contributed by atoms with Crippen molar-refractivity contribution in [3.8, 4) is 0 Å². The van der Waals surface area contributed by atoms with Gasteiger partial charge in [0.2, 0.25) is 15.9 Å². The number of carbonyl (C=O) groups is 3. The van der Waals surface area contributed by atoms with Gasteiger partial charge >= 0.3 is 0 Å². The van der Waals surface area contributed by atoms with Gasteiger partial charge in [0, 0.05) is 19.2 Å². The summed E-state index contributed by atoms with van der Waals surface area (Å²) in [6, 6.07) is 0.963. The van der Waals surface area contributed by atoms with Gasteiger partial charge in [-0.3, -0.25) is 19.2 Å². The van der Waals surface area contributed by atoms with Gasteiger partial charge in [-0.05, 0) is 32.9 Å². The molecule has 0 spiro atoms. The van der Waals surface area contributed by atoms with E-state index in [1.54, 1.807) is 0 Å². The predicted octanol–water partition coefficient (Wildman–Crippen LogP) is -1.47. The molecule has 0 saturated carbocycles. The van der Waals surface area contributed by atoms with Gasteiger partial charge in [0.15, 0.2) is 0 Å². The lowest BCUT2D eigenvalue weighted by Gasteiger charge is -2.52.